The fourth-order valence-corrected chi connectivity index (χ4v) is 17.0. The van der Waals surface area contributed by atoms with Gasteiger partial charge in [0.25, 0.3) is 8.38 Å². The van der Waals surface area contributed by atoms with Crippen molar-refractivity contribution in [3.63, 3.8) is 0 Å². The van der Waals surface area contributed by atoms with Crippen LogP contribution in [0.1, 0.15) is 44.5 Å². The fraction of sp³-hybridized carbons (Fsp3) is 0.0690. The molecule has 0 bridgehead atoms. The van der Waals surface area contributed by atoms with Gasteiger partial charge in [0, 0.05) is 54.2 Å². The number of hydrogen-bond acceptors (Lipinski definition) is 10. The number of benzene rings is 8. The lowest BCUT2D eigenvalue weighted by molar-refractivity contribution is 0.107. The van der Waals surface area contributed by atoms with Gasteiger partial charge in [-0.2, -0.15) is 21.0 Å². The Labute approximate surface area is 425 Å². The van der Waals surface area contributed by atoms with Crippen molar-refractivity contribution >= 4 is 130 Å². The lowest BCUT2D eigenvalue weighted by Crippen LogP contribution is -1.99. The van der Waals surface area contributed by atoms with Gasteiger partial charge in [-0.25, -0.2) is 0 Å². The highest BCUT2D eigenvalue weighted by atomic mass is 32.2. The summed E-state index contributed by atoms with van der Waals surface area (Å²) in [6, 6.07) is 53.8. The van der Waals surface area contributed by atoms with Gasteiger partial charge in [0.2, 0.25) is 0 Å². The van der Waals surface area contributed by atoms with Gasteiger partial charge < -0.3 is 9.47 Å². The molecule has 0 radical (unpaired) electrons. The van der Waals surface area contributed by atoms with E-state index >= 15 is 0 Å². The van der Waals surface area contributed by atoms with Crippen LogP contribution in [0.2, 0.25) is 0 Å². The van der Waals surface area contributed by atoms with E-state index in [-0.39, 0.29) is 0 Å². The number of hydrogen-bond donors (Lipinski definition) is 0. The van der Waals surface area contributed by atoms with E-state index in [2.05, 4.69) is 83.6 Å². The maximum Gasteiger partial charge on any atom is 0.296 e. The van der Waals surface area contributed by atoms with Crippen LogP contribution in [-0.4, -0.2) is 0 Å². The smallest absolute Gasteiger partial charge is 0.296 e. The minimum atomic E-state index is 0.307. The van der Waals surface area contributed by atoms with Crippen LogP contribution < -0.4 is 0 Å². The van der Waals surface area contributed by atoms with Crippen molar-refractivity contribution in [1.29, 1.82) is 21.0 Å². The molecule has 0 aliphatic carbocycles. The first kappa shape index (κ1) is 43.9. The Morgan fingerprint density at radius 3 is 1.14 bits per heavy atom. The van der Waals surface area contributed by atoms with Gasteiger partial charge in [-0.3, -0.25) is 0 Å². The van der Waals surface area contributed by atoms with E-state index in [0.29, 0.717) is 48.7 Å². The Balaban J connectivity index is 0.933. The van der Waals surface area contributed by atoms with Crippen LogP contribution in [0.4, 0.5) is 0 Å². The SMILES string of the molecule is N#Cc1c2ccccc2c(C#N)c2cc(COCc3csc(-c4sc5ccccc5[s+]4)c3-c3c(COCc4ccc5c(C#N)c6ccccc6c(C#N)c5c4)csc3-c3sc4ccccc4[s+]3)ccc12. The van der Waals surface area contributed by atoms with Crippen molar-refractivity contribution in [1.82, 2.24) is 0 Å². The van der Waals surface area contributed by atoms with Crippen LogP contribution >= 0.6 is 68.0 Å². The summed E-state index contributed by atoms with van der Waals surface area (Å²) in [5.41, 5.74) is 8.50. The minimum Gasteiger partial charge on any atom is -0.372 e. The third kappa shape index (κ3) is 7.60. The van der Waals surface area contributed by atoms with Crippen LogP contribution in [-0.2, 0) is 35.9 Å². The summed E-state index contributed by atoms with van der Waals surface area (Å²) >= 11 is 10.7. The van der Waals surface area contributed by atoms with E-state index in [4.69, 9.17) is 9.47 Å². The van der Waals surface area contributed by atoms with E-state index < -0.39 is 0 Å². The monoisotopic (exact) mass is 1010 g/mol. The molecule has 4 heterocycles. The van der Waals surface area contributed by atoms with Crippen molar-refractivity contribution in [3.8, 4) is 53.5 Å². The molecule has 4 aromatic heterocycles. The van der Waals surface area contributed by atoms with E-state index in [1.54, 1.807) is 22.7 Å². The van der Waals surface area contributed by atoms with Crippen molar-refractivity contribution in [3.05, 3.63) is 189 Å². The fourth-order valence-electron chi connectivity index (χ4n) is 9.38. The predicted molar refractivity (Wildman–Crippen MR) is 293 cm³/mol. The number of ether oxygens (including phenoxy) is 2. The highest BCUT2D eigenvalue weighted by molar-refractivity contribution is 7.45. The van der Waals surface area contributed by atoms with Crippen LogP contribution in [0.15, 0.2) is 144 Å². The third-order valence-corrected chi connectivity index (χ3v) is 20.3. The van der Waals surface area contributed by atoms with Crippen molar-refractivity contribution in [2.24, 2.45) is 0 Å². The summed E-state index contributed by atoms with van der Waals surface area (Å²) in [5.74, 6) is 0. The van der Waals surface area contributed by atoms with Crippen molar-refractivity contribution in [2.45, 2.75) is 26.4 Å². The topological polar surface area (TPSA) is 114 Å². The van der Waals surface area contributed by atoms with E-state index in [1.165, 1.54) is 36.9 Å². The summed E-state index contributed by atoms with van der Waals surface area (Å²) in [5, 5.41) is 51.8. The summed E-state index contributed by atoms with van der Waals surface area (Å²) < 4.78 is 20.8. The first-order valence-electron chi connectivity index (χ1n) is 22.1. The maximum atomic E-state index is 10.4. The predicted octanol–water partition coefficient (Wildman–Crippen LogP) is 17.5. The number of nitrogens with zero attached hydrogens (tertiary/aromatic N) is 4. The molecule has 0 amide bonds. The van der Waals surface area contributed by atoms with Gasteiger partial charge in [-0.1, -0.05) is 97.1 Å². The number of fused-ring (bicyclic) bond motifs is 6. The normalized spacial score (nSPS) is 11.4. The number of thiophene rings is 2. The molecule has 330 valence electrons. The molecule has 0 fully saturated rings. The van der Waals surface area contributed by atoms with Crippen LogP contribution in [0, 0.1) is 45.3 Å². The van der Waals surface area contributed by atoms with Crippen molar-refractivity contribution < 1.29 is 9.47 Å². The second-order valence-corrected chi connectivity index (χ2v) is 23.1. The average Bonchev–Trinajstić information content (AvgIpc) is 4.22. The zero-order valence-corrected chi connectivity index (χ0v) is 41.6. The summed E-state index contributed by atoms with van der Waals surface area (Å²) in [6.45, 7) is 1.30. The van der Waals surface area contributed by atoms with Crippen LogP contribution in [0.3, 0.4) is 0 Å². The van der Waals surface area contributed by atoms with E-state index in [9.17, 15) is 21.0 Å². The minimum absolute atomic E-state index is 0.307. The lowest BCUT2D eigenvalue weighted by Gasteiger charge is -2.13. The zero-order chi connectivity index (χ0) is 47.3. The van der Waals surface area contributed by atoms with Crippen molar-refractivity contribution in [2.75, 3.05) is 0 Å². The standard InChI is InChI=1S/C58H32N4O2S6/c59-23-45-37-9-1-3-11-39(37)47(25-61)43-21-33(17-19-41(43)45)27-63-29-35-31-65-55(57-67-49-13-5-6-14-50(49)68-57)53(35)54-36(32-66-56(54)58-69-51-15-7-8-16-52(51)70-58)30-64-28-34-18-20-42-44(22-34)48(26-62)40-12-4-2-10-38(40)46(42)24-60/h1-22,31-32H,27-30H2/q+2. The average molecular weight is 1010 g/mol. The summed E-state index contributed by atoms with van der Waals surface area (Å²) in [6.07, 6.45) is 0. The molecule has 12 rings (SSSR count). The molecular weight excluding hydrogens is 977 g/mol. The molecule has 6 nitrogen and oxygen atoms in total. The molecule has 0 saturated carbocycles. The molecule has 0 atom stereocenters. The Hall–Kier alpha value is -7.30. The molecule has 0 saturated heterocycles. The lowest BCUT2D eigenvalue weighted by atomic mass is 9.92. The number of rotatable bonds is 11. The summed E-state index contributed by atoms with van der Waals surface area (Å²) in [7, 11) is 0. The molecule has 70 heavy (non-hydrogen) atoms. The first-order chi connectivity index (χ1) is 34.5. The Morgan fingerprint density at radius 2 is 0.757 bits per heavy atom. The Bertz CT molecular complexity index is 3940. The second-order valence-electron chi connectivity index (χ2n) is 16.6. The van der Waals surface area contributed by atoms with Gasteiger partial charge in [0.05, 0.1) is 94.0 Å². The Kier molecular flexibility index (Phi) is 11.6. The molecular formula is C58H32N4O2S6+2. The molecule has 0 aliphatic rings. The molecule has 12 heteroatoms. The van der Waals surface area contributed by atoms with Gasteiger partial charge in [-0.15, -0.1) is 22.7 Å². The molecule has 0 aliphatic heterocycles. The molecule has 0 unspecified atom stereocenters. The van der Waals surface area contributed by atoms with Gasteiger partial charge in [0.15, 0.2) is 18.8 Å². The second kappa shape index (κ2) is 18.6. The molecule has 0 spiro atoms. The first-order valence-corrected chi connectivity index (χ1v) is 27.1. The van der Waals surface area contributed by atoms with Gasteiger partial charge in [0.1, 0.15) is 34.0 Å². The van der Waals surface area contributed by atoms with E-state index in [0.717, 1.165) is 76.5 Å². The van der Waals surface area contributed by atoms with Crippen LogP contribution in [0.5, 0.6) is 0 Å². The van der Waals surface area contributed by atoms with E-state index in [1.807, 2.05) is 130 Å². The highest BCUT2D eigenvalue weighted by Crippen LogP contribution is 2.54. The quantitative estimate of drug-likeness (QED) is 0.0942. The molecule has 8 aromatic carbocycles. The molecule has 0 N–H and O–H groups in total. The number of nitriles is 4. The van der Waals surface area contributed by atoms with Crippen LogP contribution in [0.25, 0.3) is 91.2 Å². The highest BCUT2D eigenvalue weighted by Gasteiger charge is 2.32. The maximum absolute atomic E-state index is 10.4. The largest absolute Gasteiger partial charge is 0.372 e. The van der Waals surface area contributed by atoms with Gasteiger partial charge >= 0.3 is 0 Å². The third-order valence-electron chi connectivity index (χ3n) is 12.5. The zero-order valence-electron chi connectivity index (χ0n) is 36.7. The summed E-state index contributed by atoms with van der Waals surface area (Å²) in [4.78, 5) is 2.38. The van der Waals surface area contributed by atoms with Gasteiger partial charge in [-0.05, 0) is 69.4 Å². The Morgan fingerprint density at radius 1 is 0.400 bits per heavy atom. The molecule has 12 aromatic rings.